The zero-order valence-corrected chi connectivity index (χ0v) is 13.3. The Morgan fingerprint density at radius 2 is 1.88 bits per heavy atom. The Morgan fingerprint density at radius 1 is 1.08 bits per heavy atom. The SMILES string of the molecule is O=C(O)CCNC(=O)NC1CCc2ccc(-c3ccccc3)cc21. The summed E-state index contributed by atoms with van der Waals surface area (Å²) < 4.78 is 0. The van der Waals surface area contributed by atoms with Gasteiger partial charge in [0.2, 0.25) is 0 Å². The molecule has 1 unspecified atom stereocenters. The highest BCUT2D eigenvalue weighted by atomic mass is 16.4. The summed E-state index contributed by atoms with van der Waals surface area (Å²) in [6.45, 7) is 0.130. The van der Waals surface area contributed by atoms with Gasteiger partial charge in [-0.15, -0.1) is 0 Å². The Hall–Kier alpha value is -2.82. The lowest BCUT2D eigenvalue weighted by molar-refractivity contribution is -0.136. The maximum atomic E-state index is 11.9. The molecule has 5 heteroatoms. The van der Waals surface area contributed by atoms with Crippen LogP contribution in [-0.4, -0.2) is 23.7 Å². The summed E-state index contributed by atoms with van der Waals surface area (Å²) in [6, 6.07) is 16.2. The maximum Gasteiger partial charge on any atom is 0.315 e. The zero-order chi connectivity index (χ0) is 16.9. The molecule has 3 rings (SSSR count). The molecule has 0 saturated heterocycles. The van der Waals surface area contributed by atoms with Crippen LogP contribution in [0.1, 0.15) is 30.0 Å². The van der Waals surface area contributed by atoms with Gasteiger partial charge in [-0.25, -0.2) is 4.79 Å². The number of fused-ring (bicyclic) bond motifs is 1. The minimum Gasteiger partial charge on any atom is -0.481 e. The van der Waals surface area contributed by atoms with Crippen LogP contribution >= 0.6 is 0 Å². The lowest BCUT2D eigenvalue weighted by Gasteiger charge is -2.15. The molecule has 124 valence electrons. The minimum atomic E-state index is -0.922. The van der Waals surface area contributed by atoms with Crippen molar-refractivity contribution < 1.29 is 14.7 Å². The van der Waals surface area contributed by atoms with Gasteiger partial charge in [0, 0.05) is 6.54 Å². The lowest BCUT2D eigenvalue weighted by atomic mass is 9.99. The van der Waals surface area contributed by atoms with E-state index in [-0.39, 0.29) is 25.0 Å². The fraction of sp³-hybridized carbons (Fsp3) is 0.263. The highest BCUT2D eigenvalue weighted by Crippen LogP contribution is 2.34. The van der Waals surface area contributed by atoms with E-state index in [2.05, 4.69) is 41.0 Å². The van der Waals surface area contributed by atoms with E-state index in [4.69, 9.17) is 5.11 Å². The van der Waals surface area contributed by atoms with Gasteiger partial charge in [-0.1, -0.05) is 42.5 Å². The van der Waals surface area contributed by atoms with Crippen LogP contribution in [0.4, 0.5) is 4.79 Å². The van der Waals surface area contributed by atoms with E-state index in [1.54, 1.807) is 0 Å². The van der Waals surface area contributed by atoms with Gasteiger partial charge in [0.25, 0.3) is 0 Å². The smallest absolute Gasteiger partial charge is 0.315 e. The fourth-order valence-corrected chi connectivity index (χ4v) is 3.05. The quantitative estimate of drug-likeness (QED) is 0.791. The van der Waals surface area contributed by atoms with Crippen LogP contribution in [0.3, 0.4) is 0 Å². The van der Waals surface area contributed by atoms with Crippen molar-refractivity contribution >= 4 is 12.0 Å². The molecule has 0 aromatic heterocycles. The summed E-state index contributed by atoms with van der Waals surface area (Å²) >= 11 is 0. The highest BCUT2D eigenvalue weighted by Gasteiger charge is 2.24. The van der Waals surface area contributed by atoms with Crippen LogP contribution in [0, 0.1) is 0 Å². The zero-order valence-electron chi connectivity index (χ0n) is 13.3. The van der Waals surface area contributed by atoms with Crippen molar-refractivity contribution in [1.82, 2.24) is 10.6 Å². The average Bonchev–Trinajstić information content (AvgIpc) is 2.97. The number of nitrogens with one attached hydrogen (secondary N) is 2. The molecule has 5 nitrogen and oxygen atoms in total. The van der Waals surface area contributed by atoms with Gasteiger partial charge < -0.3 is 15.7 Å². The fourth-order valence-electron chi connectivity index (χ4n) is 3.05. The van der Waals surface area contributed by atoms with Crippen LogP contribution in [-0.2, 0) is 11.2 Å². The number of carboxylic acid groups (broad SMARTS) is 1. The van der Waals surface area contributed by atoms with E-state index in [9.17, 15) is 9.59 Å². The van der Waals surface area contributed by atoms with Gasteiger partial charge in [-0.3, -0.25) is 4.79 Å². The third kappa shape index (κ3) is 3.74. The Morgan fingerprint density at radius 3 is 2.62 bits per heavy atom. The topological polar surface area (TPSA) is 78.4 Å². The maximum absolute atomic E-state index is 11.9. The van der Waals surface area contributed by atoms with Crippen LogP contribution in [0.25, 0.3) is 11.1 Å². The van der Waals surface area contributed by atoms with Crippen molar-refractivity contribution in [2.45, 2.75) is 25.3 Å². The summed E-state index contributed by atoms with van der Waals surface area (Å²) in [4.78, 5) is 22.4. The number of hydrogen-bond acceptors (Lipinski definition) is 2. The molecule has 2 aromatic carbocycles. The summed E-state index contributed by atoms with van der Waals surface area (Å²) in [7, 11) is 0. The number of urea groups is 1. The third-order valence-electron chi connectivity index (χ3n) is 4.26. The number of rotatable bonds is 5. The van der Waals surface area contributed by atoms with Crippen LogP contribution in [0.15, 0.2) is 48.5 Å². The van der Waals surface area contributed by atoms with Gasteiger partial charge >= 0.3 is 12.0 Å². The second-order valence-electron chi connectivity index (χ2n) is 5.91. The summed E-state index contributed by atoms with van der Waals surface area (Å²) in [5, 5.41) is 14.1. The molecule has 2 amide bonds. The van der Waals surface area contributed by atoms with E-state index in [1.165, 1.54) is 5.56 Å². The molecule has 0 heterocycles. The van der Waals surface area contributed by atoms with Gasteiger partial charge in [-0.05, 0) is 41.2 Å². The van der Waals surface area contributed by atoms with Crippen LogP contribution < -0.4 is 10.6 Å². The number of carbonyl (C=O) groups is 2. The van der Waals surface area contributed by atoms with Gasteiger partial charge in [0.05, 0.1) is 12.5 Å². The molecule has 24 heavy (non-hydrogen) atoms. The number of carbonyl (C=O) groups excluding carboxylic acids is 1. The first kappa shape index (κ1) is 16.1. The largest absolute Gasteiger partial charge is 0.481 e. The van der Waals surface area contributed by atoms with Gasteiger partial charge in [0.1, 0.15) is 0 Å². The Bertz CT molecular complexity index is 744. The van der Waals surface area contributed by atoms with Crippen molar-refractivity contribution in [3.63, 3.8) is 0 Å². The van der Waals surface area contributed by atoms with Crippen molar-refractivity contribution in [2.75, 3.05) is 6.54 Å². The number of aliphatic carboxylic acids is 1. The Labute approximate surface area is 140 Å². The summed E-state index contributed by atoms with van der Waals surface area (Å²) in [5.74, 6) is -0.922. The first-order chi connectivity index (χ1) is 11.6. The molecule has 1 aliphatic carbocycles. The summed E-state index contributed by atoms with van der Waals surface area (Å²) in [6.07, 6.45) is 1.72. The molecule has 0 saturated carbocycles. The van der Waals surface area contributed by atoms with Crippen molar-refractivity contribution in [3.05, 3.63) is 59.7 Å². The third-order valence-corrected chi connectivity index (χ3v) is 4.26. The molecule has 0 spiro atoms. The van der Waals surface area contributed by atoms with Gasteiger partial charge in [0.15, 0.2) is 0 Å². The van der Waals surface area contributed by atoms with E-state index >= 15 is 0 Å². The number of benzene rings is 2. The number of hydrogen-bond donors (Lipinski definition) is 3. The minimum absolute atomic E-state index is 0.0338. The lowest BCUT2D eigenvalue weighted by Crippen LogP contribution is -2.38. The standard InChI is InChI=1S/C19H20N2O3/c22-18(23)10-11-20-19(24)21-17-9-8-14-6-7-15(12-16(14)17)13-4-2-1-3-5-13/h1-7,12,17H,8-11H2,(H,22,23)(H2,20,21,24). The van der Waals surface area contributed by atoms with E-state index in [0.717, 1.165) is 29.5 Å². The van der Waals surface area contributed by atoms with E-state index in [1.807, 2.05) is 18.2 Å². The molecule has 0 radical (unpaired) electrons. The van der Waals surface area contributed by atoms with E-state index in [0.29, 0.717) is 0 Å². The normalized spacial score (nSPS) is 15.6. The first-order valence-electron chi connectivity index (χ1n) is 8.08. The number of carboxylic acids is 1. The van der Waals surface area contributed by atoms with Crippen LogP contribution in [0.2, 0.25) is 0 Å². The molecular formula is C19H20N2O3. The van der Waals surface area contributed by atoms with Crippen molar-refractivity contribution in [2.24, 2.45) is 0 Å². The molecule has 0 fully saturated rings. The molecule has 1 atom stereocenters. The molecule has 2 aromatic rings. The molecule has 1 aliphatic rings. The van der Waals surface area contributed by atoms with Gasteiger partial charge in [-0.2, -0.15) is 0 Å². The first-order valence-corrected chi connectivity index (χ1v) is 8.08. The Balaban J connectivity index is 1.69. The second kappa shape index (κ2) is 7.17. The second-order valence-corrected chi connectivity index (χ2v) is 5.91. The van der Waals surface area contributed by atoms with E-state index < -0.39 is 5.97 Å². The van der Waals surface area contributed by atoms with Crippen molar-refractivity contribution in [3.8, 4) is 11.1 Å². The average molecular weight is 324 g/mol. The van der Waals surface area contributed by atoms with Crippen LogP contribution in [0.5, 0.6) is 0 Å². The predicted octanol–water partition coefficient (Wildman–Crippen LogP) is 3.11. The predicted molar refractivity (Wildman–Crippen MR) is 91.7 cm³/mol. The molecule has 0 aliphatic heterocycles. The monoisotopic (exact) mass is 324 g/mol. The summed E-state index contributed by atoms with van der Waals surface area (Å²) in [5.41, 5.74) is 4.68. The van der Waals surface area contributed by atoms with Crippen molar-refractivity contribution in [1.29, 1.82) is 0 Å². The highest BCUT2D eigenvalue weighted by molar-refractivity contribution is 5.76. The molecular weight excluding hydrogens is 304 g/mol. The number of amides is 2. The molecule has 3 N–H and O–H groups in total. The number of aryl methyl sites for hydroxylation is 1. The Kier molecular flexibility index (Phi) is 4.79. The molecule has 0 bridgehead atoms.